The molecule has 0 unspecified atom stereocenters. The average molecular weight is 354 g/mol. The first kappa shape index (κ1) is 16.8. The van der Waals surface area contributed by atoms with E-state index < -0.39 is 0 Å². The van der Waals surface area contributed by atoms with Gasteiger partial charge in [0.1, 0.15) is 5.82 Å². The molecule has 140 valence electrons. The molecular weight excluding hydrogens is 322 g/mol. The largest absolute Gasteiger partial charge is 0.379 e. The number of nitrogens with zero attached hydrogens (tertiary/aromatic N) is 3. The molecule has 1 aromatic heterocycles. The lowest BCUT2D eigenvalue weighted by molar-refractivity contribution is -0.0000794. The predicted molar refractivity (Wildman–Crippen MR) is 104 cm³/mol. The van der Waals surface area contributed by atoms with Crippen LogP contribution < -0.4 is 0 Å². The van der Waals surface area contributed by atoms with Crippen molar-refractivity contribution in [2.75, 3.05) is 26.7 Å². The Morgan fingerprint density at radius 3 is 2.62 bits per heavy atom. The molecule has 2 saturated carbocycles. The first-order chi connectivity index (χ1) is 12.7. The van der Waals surface area contributed by atoms with Crippen molar-refractivity contribution >= 4 is 11.0 Å². The summed E-state index contributed by atoms with van der Waals surface area (Å²) in [6, 6.07) is 8.97. The number of aromatic nitrogens is 2. The van der Waals surface area contributed by atoms with Gasteiger partial charge in [-0.3, -0.25) is 0 Å². The van der Waals surface area contributed by atoms with Crippen LogP contribution in [0.5, 0.6) is 0 Å². The minimum atomic E-state index is 0.302. The van der Waals surface area contributed by atoms with E-state index in [9.17, 15) is 0 Å². The zero-order valence-corrected chi connectivity index (χ0v) is 16.1. The maximum absolute atomic E-state index is 6.02. The number of imidazole rings is 1. The Kier molecular flexibility index (Phi) is 4.29. The second-order valence-electron chi connectivity index (χ2n) is 8.87. The second kappa shape index (κ2) is 6.65. The first-order valence-electron chi connectivity index (χ1n) is 10.4. The molecule has 2 aromatic rings. The number of likely N-dealkylation sites (tertiary alicyclic amines) is 1. The van der Waals surface area contributed by atoms with Gasteiger partial charge in [0, 0.05) is 26.7 Å². The third-order valence-corrected chi connectivity index (χ3v) is 7.31. The molecule has 0 radical (unpaired) electrons. The van der Waals surface area contributed by atoms with E-state index in [4.69, 9.17) is 9.72 Å². The van der Waals surface area contributed by atoms with Gasteiger partial charge >= 0.3 is 0 Å². The van der Waals surface area contributed by atoms with E-state index in [2.05, 4.69) is 40.7 Å². The van der Waals surface area contributed by atoms with Crippen molar-refractivity contribution in [3.05, 3.63) is 30.1 Å². The van der Waals surface area contributed by atoms with E-state index in [0.29, 0.717) is 12.1 Å². The molecule has 1 aromatic carbocycles. The fourth-order valence-corrected chi connectivity index (χ4v) is 5.79. The zero-order chi connectivity index (χ0) is 17.7. The van der Waals surface area contributed by atoms with E-state index in [1.807, 2.05) is 7.11 Å². The van der Waals surface area contributed by atoms with Crippen LogP contribution in [-0.2, 0) is 4.74 Å². The molecule has 2 aliphatic carbocycles. The fraction of sp³-hybridized carbons (Fsp3) is 0.682. The summed E-state index contributed by atoms with van der Waals surface area (Å²) in [5.41, 5.74) is 2.37. The molecule has 0 N–H and O–H groups in total. The van der Waals surface area contributed by atoms with Gasteiger partial charge < -0.3 is 14.2 Å². The topological polar surface area (TPSA) is 30.3 Å². The van der Waals surface area contributed by atoms with Gasteiger partial charge in [0.25, 0.3) is 0 Å². The highest BCUT2D eigenvalue weighted by Gasteiger charge is 2.44. The third kappa shape index (κ3) is 2.78. The lowest BCUT2D eigenvalue weighted by atomic mass is 9.77. The molecule has 26 heavy (non-hydrogen) atoms. The molecule has 4 atom stereocenters. The number of fused-ring (bicyclic) bond motifs is 2. The molecule has 3 aliphatic rings. The van der Waals surface area contributed by atoms with Crippen LogP contribution in [0.1, 0.15) is 44.0 Å². The molecule has 2 heterocycles. The van der Waals surface area contributed by atoms with Crippen LogP contribution >= 0.6 is 0 Å². The molecule has 3 fully saturated rings. The lowest BCUT2D eigenvalue weighted by Crippen LogP contribution is -2.37. The fourth-order valence-electron chi connectivity index (χ4n) is 5.79. The standard InChI is InChI=1S/C22H31N3O/c1-15-23-19-8-3-4-9-20(19)25(15)21-10-17-13-24(12-16-6-5-7-16)14-18(17)11-22(21)26-2/h3-4,8-9,16-18,21-22H,5-7,10-14H2,1-2H3/t17-,18+,21-,22-/m0/s1. The van der Waals surface area contributed by atoms with Gasteiger partial charge in [-0.2, -0.15) is 0 Å². The predicted octanol–water partition coefficient (Wildman–Crippen LogP) is 4.04. The molecule has 0 bridgehead atoms. The van der Waals surface area contributed by atoms with Gasteiger partial charge in [0.2, 0.25) is 0 Å². The van der Waals surface area contributed by atoms with Crippen LogP contribution in [-0.4, -0.2) is 47.3 Å². The Labute approximate surface area is 156 Å². The summed E-state index contributed by atoms with van der Waals surface area (Å²) in [5, 5.41) is 0. The van der Waals surface area contributed by atoms with Crippen molar-refractivity contribution in [1.82, 2.24) is 14.5 Å². The summed E-state index contributed by atoms with van der Waals surface area (Å²) in [4.78, 5) is 7.57. The smallest absolute Gasteiger partial charge is 0.107 e. The van der Waals surface area contributed by atoms with Gasteiger partial charge in [0.05, 0.1) is 23.2 Å². The highest BCUT2D eigenvalue weighted by Crippen LogP contribution is 2.44. The van der Waals surface area contributed by atoms with E-state index in [1.54, 1.807) is 0 Å². The summed E-state index contributed by atoms with van der Waals surface area (Å²) < 4.78 is 8.49. The van der Waals surface area contributed by atoms with Crippen molar-refractivity contribution in [3.63, 3.8) is 0 Å². The van der Waals surface area contributed by atoms with Crippen LogP contribution in [0.25, 0.3) is 11.0 Å². The quantitative estimate of drug-likeness (QED) is 0.831. The highest BCUT2D eigenvalue weighted by atomic mass is 16.5. The number of ether oxygens (including phenoxy) is 1. The normalized spacial score (nSPS) is 32.7. The van der Waals surface area contributed by atoms with Gasteiger partial charge in [-0.05, 0) is 62.5 Å². The average Bonchev–Trinajstić information content (AvgIpc) is 3.15. The van der Waals surface area contributed by atoms with Crippen LogP contribution in [0, 0.1) is 24.7 Å². The van der Waals surface area contributed by atoms with Crippen LogP contribution in [0.3, 0.4) is 0 Å². The van der Waals surface area contributed by atoms with Gasteiger partial charge in [-0.15, -0.1) is 0 Å². The summed E-state index contributed by atoms with van der Waals surface area (Å²) in [5.74, 6) is 3.73. The first-order valence-corrected chi connectivity index (χ1v) is 10.4. The van der Waals surface area contributed by atoms with Crippen LogP contribution in [0.4, 0.5) is 0 Å². The molecule has 1 aliphatic heterocycles. The number of methoxy groups -OCH3 is 1. The Balaban J connectivity index is 1.40. The molecule has 1 saturated heterocycles. The number of hydrogen-bond acceptors (Lipinski definition) is 3. The number of rotatable bonds is 4. The Morgan fingerprint density at radius 1 is 1.12 bits per heavy atom. The van der Waals surface area contributed by atoms with E-state index >= 15 is 0 Å². The van der Waals surface area contributed by atoms with Gasteiger partial charge in [-0.1, -0.05) is 18.6 Å². The van der Waals surface area contributed by atoms with Crippen molar-refractivity contribution in [3.8, 4) is 0 Å². The minimum absolute atomic E-state index is 0.302. The Bertz CT molecular complexity index is 781. The number of hydrogen-bond donors (Lipinski definition) is 0. The number of benzene rings is 1. The zero-order valence-electron chi connectivity index (χ0n) is 16.1. The molecule has 5 rings (SSSR count). The van der Waals surface area contributed by atoms with Crippen molar-refractivity contribution < 1.29 is 4.74 Å². The lowest BCUT2D eigenvalue weighted by Gasteiger charge is -2.38. The Morgan fingerprint density at radius 2 is 1.88 bits per heavy atom. The SMILES string of the molecule is CO[C@H]1C[C@@H]2CN(CC3CCC3)C[C@@H]2C[C@@H]1n1c(C)nc2ccccc21. The molecule has 4 nitrogen and oxygen atoms in total. The van der Waals surface area contributed by atoms with Gasteiger partial charge in [0.15, 0.2) is 0 Å². The summed E-state index contributed by atoms with van der Waals surface area (Å²) in [7, 11) is 1.90. The highest BCUT2D eigenvalue weighted by molar-refractivity contribution is 5.76. The minimum Gasteiger partial charge on any atom is -0.379 e. The molecule has 4 heteroatoms. The van der Waals surface area contributed by atoms with E-state index in [1.165, 1.54) is 57.3 Å². The van der Waals surface area contributed by atoms with Crippen LogP contribution in [0.2, 0.25) is 0 Å². The maximum Gasteiger partial charge on any atom is 0.107 e. The van der Waals surface area contributed by atoms with Crippen molar-refractivity contribution in [2.24, 2.45) is 17.8 Å². The van der Waals surface area contributed by atoms with Gasteiger partial charge in [-0.25, -0.2) is 4.98 Å². The van der Waals surface area contributed by atoms with Crippen molar-refractivity contribution in [1.29, 1.82) is 0 Å². The van der Waals surface area contributed by atoms with Crippen LogP contribution in [0.15, 0.2) is 24.3 Å². The number of para-hydroxylation sites is 2. The summed E-state index contributed by atoms with van der Waals surface area (Å²) >= 11 is 0. The third-order valence-electron chi connectivity index (χ3n) is 7.31. The molecule has 0 spiro atoms. The Hall–Kier alpha value is -1.39. The van der Waals surface area contributed by atoms with E-state index in [-0.39, 0.29) is 0 Å². The molecule has 0 amide bonds. The monoisotopic (exact) mass is 353 g/mol. The molecular formula is C22H31N3O. The van der Waals surface area contributed by atoms with Crippen molar-refractivity contribution in [2.45, 2.75) is 51.2 Å². The maximum atomic E-state index is 6.02. The number of aryl methyl sites for hydroxylation is 1. The van der Waals surface area contributed by atoms with E-state index in [0.717, 1.165) is 29.1 Å². The second-order valence-corrected chi connectivity index (χ2v) is 8.87. The summed E-state index contributed by atoms with van der Waals surface area (Å²) in [6.07, 6.45) is 7.08. The summed E-state index contributed by atoms with van der Waals surface area (Å²) in [6.45, 7) is 6.07.